The number of ether oxygens (including phenoxy) is 1. The Balaban J connectivity index is 2.44. The average molecular weight is 225 g/mol. The molecule has 0 spiro atoms. The van der Waals surface area contributed by atoms with E-state index in [9.17, 15) is 9.18 Å². The van der Waals surface area contributed by atoms with Crippen molar-refractivity contribution >= 4 is 5.97 Å². The fourth-order valence-electron chi connectivity index (χ4n) is 1.85. The maximum atomic E-state index is 13.6. The predicted molar refractivity (Wildman–Crippen MR) is 55.0 cm³/mol. The minimum atomic E-state index is -1.11. The highest BCUT2D eigenvalue weighted by Crippen LogP contribution is 2.31. The van der Waals surface area contributed by atoms with Gasteiger partial charge in [-0.25, -0.2) is 4.39 Å². The highest BCUT2D eigenvalue weighted by Gasteiger charge is 2.25. The molecule has 0 amide bonds. The topological polar surface area (TPSA) is 72.6 Å². The molecule has 0 fully saturated rings. The zero-order valence-electron chi connectivity index (χ0n) is 8.57. The fraction of sp³-hybridized carbons (Fsp3) is 0.364. The average Bonchev–Trinajstić information content (AvgIpc) is 2.65. The summed E-state index contributed by atoms with van der Waals surface area (Å²) in [5.41, 5.74) is 6.32. The molecule has 4 nitrogen and oxygen atoms in total. The lowest BCUT2D eigenvalue weighted by Crippen LogP contribution is -2.22. The summed E-state index contributed by atoms with van der Waals surface area (Å²) in [4.78, 5) is 10.9. The number of halogens is 1. The number of aliphatic carboxylic acids is 1. The molecule has 0 bridgehead atoms. The SMILES string of the molecule is NCC(C(=O)O)c1cc2c(cc1F)OCC2. The minimum absolute atomic E-state index is 0.119. The monoisotopic (exact) mass is 225 g/mol. The van der Waals surface area contributed by atoms with Crippen molar-refractivity contribution in [3.63, 3.8) is 0 Å². The summed E-state index contributed by atoms with van der Waals surface area (Å²) in [6, 6.07) is 2.78. The van der Waals surface area contributed by atoms with Gasteiger partial charge in [-0.15, -0.1) is 0 Å². The normalized spacial score (nSPS) is 15.4. The summed E-state index contributed by atoms with van der Waals surface area (Å²) in [6.07, 6.45) is 0.680. The first-order valence-electron chi connectivity index (χ1n) is 5.01. The van der Waals surface area contributed by atoms with Crippen LogP contribution in [0.25, 0.3) is 0 Å². The van der Waals surface area contributed by atoms with Crippen LogP contribution in [0.4, 0.5) is 4.39 Å². The van der Waals surface area contributed by atoms with Crippen molar-refractivity contribution < 1.29 is 19.0 Å². The van der Waals surface area contributed by atoms with Crippen LogP contribution in [0.1, 0.15) is 17.0 Å². The van der Waals surface area contributed by atoms with E-state index >= 15 is 0 Å². The number of hydrogen-bond acceptors (Lipinski definition) is 3. The molecular weight excluding hydrogens is 213 g/mol. The van der Waals surface area contributed by atoms with E-state index in [0.29, 0.717) is 18.8 Å². The van der Waals surface area contributed by atoms with Crippen LogP contribution >= 0.6 is 0 Å². The van der Waals surface area contributed by atoms with E-state index < -0.39 is 17.7 Å². The van der Waals surface area contributed by atoms with Gasteiger partial charge in [-0.05, 0) is 11.6 Å². The minimum Gasteiger partial charge on any atom is -0.493 e. The molecule has 5 heteroatoms. The maximum absolute atomic E-state index is 13.6. The van der Waals surface area contributed by atoms with Gasteiger partial charge in [0.05, 0.1) is 12.5 Å². The van der Waals surface area contributed by atoms with Crippen molar-refractivity contribution in [1.82, 2.24) is 0 Å². The zero-order valence-corrected chi connectivity index (χ0v) is 8.57. The number of rotatable bonds is 3. The summed E-state index contributed by atoms with van der Waals surface area (Å²) >= 11 is 0. The second-order valence-corrected chi connectivity index (χ2v) is 3.71. The molecule has 1 atom stereocenters. The number of fused-ring (bicyclic) bond motifs is 1. The van der Waals surface area contributed by atoms with Gasteiger partial charge in [0.1, 0.15) is 11.6 Å². The van der Waals surface area contributed by atoms with E-state index in [1.54, 1.807) is 6.07 Å². The third-order valence-corrected chi connectivity index (χ3v) is 2.72. The van der Waals surface area contributed by atoms with Crippen LogP contribution in [0, 0.1) is 5.82 Å². The van der Waals surface area contributed by atoms with Crippen LogP contribution < -0.4 is 10.5 Å². The van der Waals surface area contributed by atoms with Crippen LogP contribution in [0.15, 0.2) is 12.1 Å². The number of carbonyl (C=O) groups is 1. The molecular formula is C11H12FNO3. The van der Waals surface area contributed by atoms with Gasteiger partial charge < -0.3 is 15.6 Å². The molecule has 0 saturated heterocycles. The first-order valence-corrected chi connectivity index (χ1v) is 5.01. The Labute approximate surface area is 91.8 Å². The lowest BCUT2D eigenvalue weighted by Gasteiger charge is -2.12. The van der Waals surface area contributed by atoms with Gasteiger partial charge in [0.25, 0.3) is 0 Å². The van der Waals surface area contributed by atoms with E-state index in [1.807, 2.05) is 0 Å². The van der Waals surface area contributed by atoms with Crippen LogP contribution in [-0.2, 0) is 11.2 Å². The molecule has 16 heavy (non-hydrogen) atoms. The molecule has 1 aliphatic rings. The lowest BCUT2D eigenvalue weighted by atomic mass is 9.96. The van der Waals surface area contributed by atoms with Gasteiger partial charge in [0.2, 0.25) is 0 Å². The molecule has 1 unspecified atom stereocenters. The van der Waals surface area contributed by atoms with E-state index in [2.05, 4.69) is 0 Å². The van der Waals surface area contributed by atoms with Crippen molar-refractivity contribution in [2.45, 2.75) is 12.3 Å². The summed E-state index contributed by atoms with van der Waals surface area (Å²) in [7, 11) is 0. The fourth-order valence-corrected chi connectivity index (χ4v) is 1.85. The molecule has 1 heterocycles. The maximum Gasteiger partial charge on any atom is 0.312 e. The van der Waals surface area contributed by atoms with Crippen molar-refractivity contribution in [2.75, 3.05) is 13.2 Å². The van der Waals surface area contributed by atoms with Gasteiger partial charge >= 0.3 is 5.97 Å². The number of hydrogen-bond donors (Lipinski definition) is 2. The molecule has 1 aliphatic heterocycles. The molecule has 1 aromatic rings. The number of benzene rings is 1. The van der Waals surface area contributed by atoms with Crippen molar-refractivity contribution in [2.24, 2.45) is 5.73 Å². The van der Waals surface area contributed by atoms with E-state index in [-0.39, 0.29) is 12.1 Å². The smallest absolute Gasteiger partial charge is 0.312 e. The van der Waals surface area contributed by atoms with E-state index in [1.165, 1.54) is 6.07 Å². The Morgan fingerprint density at radius 2 is 2.38 bits per heavy atom. The van der Waals surface area contributed by atoms with E-state index in [0.717, 1.165) is 5.56 Å². The summed E-state index contributed by atoms with van der Waals surface area (Å²) < 4.78 is 18.8. The lowest BCUT2D eigenvalue weighted by molar-refractivity contribution is -0.138. The Morgan fingerprint density at radius 1 is 1.62 bits per heavy atom. The van der Waals surface area contributed by atoms with Crippen LogP contribution in [0.3, 0.4) is 0 Å². The Bertz CT molecular complexity index is 433. The van der Waals surface area contributed by atoms with Gasteiger partial charge in [0.15, 0.2) is 0 Å². The van der Waals surface area contributed by atoms with Crippen molar-refractivity contribution in [3.05, 3.63) is 29.1 Å². The van der Waals surface area contributed by atoms with Crippen molar-refractivity contribution in [3.8, 4) is 5.75 Å². The number of carboxylic acids is 1. The highest BCUT2D eigenvalue weighted by molar-refractivity contribution is 5.76. The highest BCUT2D eigenvalue weighted by atomic mass is 19.1. The number of nitrogens with two attached hydrogens (primary N) is 1. The zero-order chi connectivity index (χ0) is 11.7. The summed E-state index contributed by atoms with van der Waals surface area (Å²) in [6.45, 7) is 0.393. The molecule has 0 aliphatic carbocycles. The Kier molecular flexibility index (Phi) is 2.78. The molecule has 86 valence electrons. The van der Waals surface area contributed by atoms with Gasteiger partial charge in [-0.2, -0.15) is 0 Å². The molecule has 0 aromatic heterocycles. The summed E-state index contributed by atoms with van der Waals surface area (Å²) in [5, 5.41) is 8.92. The Morgan fingerprint density at radius 3 is 3.00 bits per heavy atom. The Hall–Kier alpha value is -1.62. The van der Waals surface area contributed by atoms with E-state index in [4.69, 9.17) is 15.6 Å². The first-order chi connectivity index (χ1) is 7.63. The quantitative estimate of drug-likeness (QED) is 0.801. The van der Waals surface area contributed by atoms with Gasteiger partial charge in [-0.3, -0.25) is 4.79 Å². The molecule has 3 N–H and O–H groups in total. The van der Waals surface area contributed by atoms with Crippen molar-refractivity contribution in [1.29, 1.82) is 0 Å². The van der Waals surface area contributed by atoms with Gasteiger partial charge in [-0.1, -0.05) is 0 Å². The van der Waals surface area contributed by atoms with Crippen LogP contribution in [0.5, 0.6) is 5.75 Å². The molecule has 0 radical (unpaired) electrons. The standard InChI is InChI=1S/C11H12FNO3/c12-9-4-10-6(1-2-16-10)3-7(9)8(5-13)11(14)15/h3-4,8H,1-2,5,13H2,(H,14,15). The second-order valence-electron chi connectivity index (χ2n) is 3.71. The van der Waals surface area contributed by atoms with Crippen LogP contribution in [0.2, 0.25) is 0 Å². The predicted octanol–water partition coefficient (Wildman–Crippen LogP) is 0.887. The molecule has 0 saturated carbocycles. The molecule has 1 aromatic carbocycles. The van der Waals surface area contributed by atoms with Gasteiger partial charge in [0, 0.05) is 24.6 Å². The first kappa shape index (κ1) is 10.9. The molecule has 2 rings (SSSR count). The number of carboxylic acid groups (broad SMARTS) is 1. The van der Waals surface area contributed by atoms with Crippen LogP contribution in [-0.4, -0.2) is 24.2 Å². The third kappa shape index (κ3) is 1.74. The third-order valence-electron chi connectivity index (χ3n) is 2.72. The second kappa shape index (κ2) is 4.09. The summed E-state index contributed by atoms with van der Waals surface area (Å²) in [5.74, 6) is -2.17. The largest absolute Gasteiger partial charge is 0.493 e.